The lowest BCUT2D eigenvalue weighted by Gasteiger charge is -2.39. The van der Waals surface area contributed by atoms with Gasteiger partial charge in [0.05, 0.1) is 17.1 Å². The van der Waals surface area contributed by atoms with Gasteiger partial charge < -0.3 is 9.64 Å². The van der Waals surface area contributed by atoms with Crippen molar-refractivity contribution < 1.29 is 17.9 Å². The van der Waals surface area contributed by atoms with Crippen molar-refractivity contribution in [3.8, 4) is 0 Å². The Kier molecular flexibility index (Phi) is 8.13. The maximum Gasteiger partial charge on any atom is 0.240 e. The molecular weight excluding hydrogens is 414 g/mol. The van der Waals surface area contributed by atoms with Crippen LogP contribution < -0.4 is 4.72 Å². The third-order valence-corrected chi connectivity index (χ3v) is 7.86. The molecule has 3 rings (SSSR count). The highest BCUT2D eigenvalue weighted by molar-refractivity contribution is 7.89. The molecule has 1 aromatic rings. The minimum atomic E-state index is -3.60. The molecule has 2 unspecified atom stereocenters. The molecule has 0 bridgehead atoms. The summed E-state index contributed by atoms with van der Waals surface area (Å²) in [4.78, 5) is 17.2. The molecule has 2 saturated heterocycles. The van der Waals surface area contributed by atoms with E-state index < -0.39 is 10.0 Å². The van der Waals surface area contributed by atoms with Gasteiger partial charge in [-0.2, -0.15) is 0 Å². The number of piperidine rings is 1. The quantitative estimate of drug-likeness (QED) is 0.688. The van der Waals surface area contributed by atoms with Crippen LogP contribution in [0.3, 0.4) is 0 Å². The molecule has 8 heteroatoms. The zero-order valence-corrected chi connectivity index (χ0v) is 20.1. The van der Waals surface area contributed by atoms with Crippen molar-refractivity contribution in [1.29, 1.82) is 0 Å². The van der Waals surface area contributed by atoms with Gasteiger partial charge in [0.1, 0.15) is 0 Å². The topological polar surface area (TPSA) is 79.0 Å². The number of aryl methyl sites for hydroxylation is 2. The van der Waals surface area contributed by atoms with Crippen LogP contribution >= 0.6 is 0 Å². The van der Waals surface area contributed by atoms with Crippen LogP contribution in [0.2, 0.25) is 0 Å². The number of hydrogen-bond acceptors (Lipinski definition) is 5. The van der Waals surface area contributed by atoms with Crippen molar-refractivity contribution in [3.05, 3.63) is 29.3 Å². The second-order valence-electron chi connectivity index (χ2n) is 9.19. The largest absolute Gasteiger partial charge is 0.373 e. The first-order valence-electron chi connectivity index (χ1n) is 11.4. The molecule has 0 aliphatic carbocycles. The Hall–Kier alpha value is -1.48. The molecule has 0 spiro atoms. The number of morpholine rings is 1. The van der Waals surface area contributed by atoms with E-state index in [-0.39, 0.29) is 36.0 Å². The molecule has 7 nitrogen and oxygen atoms in total. The van der Waals surface area contributed by atoms with Crippen LogP contribution in [-0.2, 0) is 19.6 Å². The number of carbonyl (C=O) groups excluding carboxylic acids is 1. The SMILES string of the molecule is Cc1ccc(S(=O)(=O)NCCC(=O)N2CCC(CN3CC(C)OC(C)C3)CC2)cc1C. The first-order chi connectivity index (χ1) is 14.6. The van der Waals surface area contributed by atoms with Crippen LogP contribution in [0.1, 0.15) is 44.2 Å². The summed E-state index contributed by atoms with van der Waals surface area (Å²) in [6, 6.07) is 5.07. The van der Waals surface area contributed by atoms with Crippen molar-refractivity contribution in [2.45, 2.75) is 64.1 Å². The average Bonchev–Trinajstić information content (AvgIpc) is 2.69. The van der Waals surface area contributed by atoms with Crippen molar-refractivity contribution in [3.63, 3.8) is 0 Å². The van der Waals surface area contributed by atoms with Gasteiger partial charge in [-0.05, 0) is 69.7 Å². The fourth-order valence-corrected chi connectivity index (χ4v) is 5.69. The lowest BCUT2D eigenvalue weighted by molar-refractivity contribution is -0.132. The van der Waals surface area contributed by atoms with Gasteiger partial charge in [0.25, 0.3) is 0 Å². The van der Waals surface area contributed by atoms with Gasteiger partial charge >= 0.3 is 0 Å². The van der Waals surface area contributed by atoms with Gasteiger partial charge in [-0.25, -0.2) is 13.1 Å². The fourth-order valence-electron chi connectivity index (χ4n) is 4.58. The van der Waals surface area contributed by atoms with Crippen LogP contribution in [0.25, 0.3) is 0 Å². The van der Waals surface area contributed by atoms with Crippen molar-refractivity contribution >= 4 is 15.9 Å². The number of carbonyl (C=O) groups is 1. The molecule has 1 aromatic carbocycles. The van der Waals surface area contributed by atoms with Crippen molar-refractivity contribution in [2.24, 2.45) is 5.92 Å². The number of ether oxygens (including phenoxy) is 1. The number of nitrogens with zero attached hydrogens (tertiary/aromatic N) is 2. The molecule has 2 aliphatic rings. The number of sulfonamides is 1. The Morgan fingerprint density at radius 1 is 1.10 bits per heavy atom. The van der Waals surface area contributed by atoms with E-state index in [1.54, 1.807) is 18.2 Å². The number of likely N-dealkylation sites (tertiary alicyclic amines) is 1. The number of nitrogens with one attached hydrogen (secondary N) is 1. The van der Waals surface area contributed by atoms with E-state index in [4.69, 9.17) is 4.74 Å². The van der Waals surface area contributed by atoms with Gasteiger partial charge in [0.15, 0.2) is 0 Å². The molecule has 1 N–H and O–H groups in total. The standard InChI is InChI=1S/C23H37N3O4S/c1-17-5-6-22(13-18(17)2)31(28,29)24-10-7-23(27)26-11-8-21(9-12-26)16-25-14-19(3)30-20(4)15-25/h5-6,13,19-21,24H,7-12,14-16H2,1-4H3. The number of benzene rings is 1. The minimum Gasteiger partial charge on any atom is -0.373 e. The summed E-state index contributed by atoms with van der Waals surface area (Å²) in [6.45, 7) is 12.7. The van der Waals surface area contributed by atoms with E-state index in [0.29, 0.717) is 5.92 Å². The molecule has 2 aliphatic heterocycles. The summed E-state index contributed by atoms with van der Waals surface area (Å²) in [5.41, 5.74) is 1.98. The highest BCUT2D eigenvalue weighted by Gasteiger charge is 2.28. The minimum absolute atomic E-state index is 0.0230. The molecule has 174 valence electrons. The van der Waals surface area contributed by atoms with Gasteiger partial charge in [-0.15, -0.1) is 0 Å². The molecule has 2 atom stereocenters. The van der Waals surface area contributed by atoms with Gasteiger partial charge in [0.2, 0.25) is 15.9 Å². The Balaban J connectivity index is 1.40. The van der Waals surface area contributed by atoms with E-state index >= 15 is 0 Å². The van der Waals surface area contributed by atoms with E-state index in [1.807, 2.05) is 18.7 Å². The van der Waals surface area contributed by atoms with Gasteiger partial charge in [-0.1, -0.05) is 6.07 Å². The fraction of sp³-hybridized carbons (Fsp3) is 0.696. The molecule has 0 aromatic heterocycles. The number of amides is 1. The van der Waals surface area contributed by atoms with Crippen LogP contribution in [0, 0.1) is 19.8 Å². The van der Waals surface area contributed by atoms with Crippen LogP contribution in [-0.4, -0.2) is 75.6 Å². The van der Waals surface area contributed by atoms with Gasteiger partial charge in [-0.3, -0.25) is 9.69 Å². The lowest BCUT2D eigenvalue weighted by atomic mass is 9.95. The van der Waals surface area contributed by atoms with E-state index in [9.17, 15) is 13.2 Å². The second-order valence-corrected chi connectivity index (χ2v) is 11.0. The third kappa shape index (κ3) is 6.75. The molecule has 0 saturated carbocycles. The first-order valence-corrected chi connectivity index (χ1v) is 12.8. The summed E-state index contributed by atoms with van der Waals surface area (Å²) in [6.07, 6.45) is 2.74. The van der Waals surface area contributed by atoms with Crippen LogP contribution in [0.5, 0.6) is 0 Å². The Labute approximate surface area is 187 Å². The Morgan fingerprint density at radius 3 is 2.35 bits per heavy atom. The van der Waals surface area contributed by atoms with E-state index in [1.165, 1.54) is 0 Å². The maximum atomic E-state index is 12.6. The summed E-state index contributed by atoms with van der Waals surface area (Å²) < 4.78 is 33.3. The van der Waals surface area contributed by atoms with Crippen molar-refractivity contribution in [1.82, 2.24) is 14.5 Å². The molecule has 31 heavy (non-hydrogen) atoms. The van der Waals surface area contributed by atoms with Crippen molar-refractivity contribution in [2.75, 3.05) is 39.3 Å². The average molecular weight is 452 g/mol. The highest BCUT2D eigenvalue weighted by atomic mass is 32.2. The summed E-state index contributed by atoms with van der Waals surface area (Å²) in [7, 11) is -3.60. The molecule has 0 radical (unpaired) electrons. The Bertz CT molecular complexity index is 856. The summed E-state index contributed by atoms with van der Waals surface area (Å²) in [5.74, 6) is 0.625. The predicted molar refractivity (Wildman–Crippen MR) is 121 cm³/mol. The zero-order chi connectivity index (χ0) is 22.6. The molecule has 1 amide bonds. The van der Waals surface area contributed by atoms with E-state index in [2.05, 4.69) is 23.5 Å². The second kappa shape index (κ2) is 10.4. The molecule has 2 fully saturated rings. The smallest absolute Gasteiger partial charge is 0.240 e. The zero-order valence-electron chi connectivity index (χ0n) is 19.3. The van der Waals surface area contributed by atoms with E-state index in [0.717, 1.165) is 56.7 Å². The Morgan fingerprint density at radius 2 is 1.74 bits per heavy atom. The van der Waals surface area contributed by atoms with Crippen LogP contribution in [0.4, 0.5) is 0 Å². The van der Waals surface area contributed by atoms with Gasteiger partial charge in [0, 0.05) is 45.7 Å². The van der Waals surface area contributed by atoms with Crippen LogP contribution in [0.15, 0.2) is 23.1 Å². The summed E-state index contributed by atoms with van der Waals surface area (Å²) in [5, 5.41) is 0. The normalized spacial score (nSPS) is 23.8. The predicted octanol–water partition coefficient (Wildman–Crippen LogP) is 2.32. The third-order valence-electron chi connectivity index (χ3n) is 6.40. The first kappa shape index (κ1) is 24.2. The molecular formula is C23H37N3O4S. The highest BCUT2D eigenvalue weighted by Crippen LogP contribution is 2.21. The number of rotatable bonds is 7. The molecule has 2 heterocycles. The number of hydrogen-bond donors (Lipinski definition) is 1. The summed E-state index contributed by atoms with van der Waals surface area (Å²) >= 11 is 0. The maximum absolute atomic E-state index is 12.6. The monoisotopic (exact) mass is 451 g/mol. The lowest BCUT2D eigenvalue weighted by Crippen LogP contribution is -2.48.